The van der Waals surface area contributed by atoms with Crippen LogP contribution >= 0.6 is 11.8 Å². The number of aliphatic hydroxyl groups is 1. The molecule has 15 heavy (non-hydrogen) atoms. The molecule has 0 aromatic carbocycles. The summed E-state index contributed by atoms with van der Waals surface area (Å²) in [6.07, 6.45) is 5.05. The highest BCUT2D eigenvalue weighted by atomic mass is 32.2. The molecule has 0 radical (unpaired) electrons. The van der Waals surface area contributed by atoms with Gasteiger partial charge in [-0.05, 0) is 18.6 Å². The van der Waals surface area contributed by atoms with Crippen LogP contribution in [0.4, 0.5) is 0 Å². The van der Waals surface area contributed by atoms with Crippen molar-refractivity contribution in [2.24, 2.45) is 0 Å². The number of carbonyl (C=O) groups is 1. The van der Waals surface area contributed by atoms with E-state index in [0.717, 1.165) is 18.6 Å². The van der Waals surface area contributed by atoms with Crippen molar-refractivity contribution in [3.05, 3.63) is 12.7 Å². The van der Waals surface area contributed by atoms with Crippen LogP contribution in [0.1, 0.15) is 19.3 Å². The van der Waals surface area contributed by atoms with Gasteiger partial charge in [0.2, 0.25) is 5.91 Å². The van der Waals surface area contributed by atoms with Gasteiger partial charge in [-0.25, -0.2) is 0 Å². The molecule has 1 aliphatic heterocycles. The van der Waals surface area contributed by atoms with E-state index in [4.69, 9.17) is 5.11 Å². The fourth-order valence-corrected chi connectivity index (χ4v) is 2.99. The van der Waals surface area contributed by atoms with Gasteiger partial charge < -0.3 is 10.0 Å². The van der Waals surface area contributed by atoms with Gasteiger partial charge in [0.25, 0.3) is 0 Å². The quantitative estimate of drug-likeness (QED) is 0.722. The average molecular weight is 229 g/mol. The molecule has 4 heteroatoms. The van der Waals surface area contributed by atoms with Crippen molar-refractivity contribution in [2.45, 2.75) is 24.5 Å². The Balaban J connectivity index is 2.48. The summed E-state index contributed by atoms with van der Waals surface area (Å²) in [4.78, 5) is 13.7. The van der Waals surface area contributed by atoms with E-state index in [0.29, 0.717) is 13.1 Å². The maximum absolute atomic E-state index is 12.0. The van der Waals surface area contributed by atoms with Gasteiger partial charge in [0, 0.05) is 13.1 Å². The minimum atomic E-state index is 0.0248. The molecule has 1 amide bonds. The second-order valence-electron chi connectivity index (χ2n) is 3.65. The molecule has 1 aliphatic rings. The number of hydrogen-bond acceptors (Lipinski definition) is 3. The minimum absolute atomic E-state index is 0.0248. The monoisotopic (exact) mass is 229 g/mol. The summed E-state index contributed by atoms with van der Waals surface area (Å²) in [7, 11) is 0. The van der Waals surface area contributed by atoms with E-state index in [-0.39, 0.29) is 17.8 Å². The smallest absolute Gasteiger partial charge is 0.236 e. The predicted octanol–water partition coefficient (Wildman–Crippen LogP) is 1.28. The van der Waals surface area contributed by atoms with Crippen LogP contribution in [0.25, 0.3) is 0 Å². The third-order valence-electron chi connectivity index (χ3n) is 2.49. The van der Waals surface area contributed by atoms with Crippen LogP contribution in [0.5, 0.6) is 0 Å². The topological polar surface area (TPSA) is 40.5 Å². The summed E-state index contributed by atoms with van der Waals surface area (Å²) in [6, 6.07) is 0. The lowest BCUT2D eigenvalue weighted by molar-refractivity contribution is -0.130. The van der Waals surface area contributed by atoms with Crippen molar-refractivity contribution < 1.29 is 9.90 Å². The first kappa shape index (κ1) is 12.6. The molecule has 1 unspecified atom stereocenters. The van der Waals surface area contributed by atoms with Gasteiger partial charge in [-0.15, -0.1) is 18.3 Å². The molecule has 3 nitrogen and oxygen atoms in total. The molecule has 0 aliphatic carbocycles. The molecule has 86 valence electrons. The van der Waals surface area contributed by atoms with Crippen molar-refractivity contribution in [1.29, 1.82) is 0 Å². The molecule has 0 spiro atoms. The van der Waals surface area contributed by atoms with Gasteiger partial charge in [-0.3, -0.25) is 4.79 Å². The number of thioether (sulfide) groups is 1. The van der Waals surface area contributed by atoms with Crippen molar-refractivity contribution >= 4 is 17.7 Å². The summed E-state index contributed by atoms with van der Waals surface area (Å²) in [5.74, 6) is 1.24. The second kappa shape index (κ2) is 6.90. The highest BCUT2D eigenvalue weighted by Crippen LogP contribution is 2.26. The average Bonchev–Trinajstić information content (AvgIpc) is 2.29. The first-order valence-electron chi connectivity index (χ1n) is 5.41. The normalized spacial score (nSPS) is 21.0. The molecule has 0 saturated carbocycles. The van der Waals surface area contributed by atoms with E-state index >= 15 is 0 Å². The highest BCUT2D eigenvalue weighted by Gasteiger charge is 2.25. The predicted molar refractivity (Wildman–Crippen MR) is 64.0 cm³/mol. The number of carbonyl (C=O) groups excluding carboxylic acids is 1. The molecule has 0 aromatic rings. The van der Waals surface area contributed by atoms with Gasteiger partial charge in [-0.1, -0.05) is 12.5 Å². The van der Waals surface area contributed by atoms with Crippen molar-refractivity contribution in [3.63, 3.8) is 0 Å². The Morgan fingerprint density at radius 2 is 2.40 bits per heavy atom. The number of nitrogens with zero attached hydrogens (tertiary/aromatic N) is 1. The lowest BCUT2D eigenvalue weighted by Crippen LogP contribution is -2.40. The third kappa shape index (κ3) is 3.87. The molecule has 1 rings (SSSR count). The lowest BCUT2D eigenvalue weighted by atomic mass is 10.1. The lowest BCUT2D eigenvalue weighted by Gasteiger charge is -2.27. The summed E-state index contributed by atoms with van der Waals surface area (Å²) in [5.41, 5.74) is 0. The van der Waals surface area contributed by atoms with Gasteiger partial charge in [-0.2, -0.15) is 0 Å². The first-order chi connectivity index (χ1) is 7.29. The zero-order valence-corrected chi connectivity index (χ0v) is 9.84. The zero-order chi connectivity index (χ0) is 11.1. The molecule has 0 aromatic heterocycles. The Labute approximate surface area is 95.5 Å². The zero-order valence-electron chi connectivity index (χ0n) is 9.02. The third-order valence-corrected chi connectivity index (χ3v) is 3.85. The van der Waals surface area contributed by atoms with Gasteiger partial charge >= 0.3 is 0 Å². The van der Waals surface area contributed by atoms with E-state index in [2.05, 4.69) is 6.58 Å². The fourth-order valence-electron chi connectivity index (χ4n) is 1.71. The van der Waals surface area contributed by atoms with Gasteiger partial charge in [0.05, 0.1) is 11.9 Å². The van der Waals surface area contributed by atoms with Crippen LogP contribution in [0, 0.1) is 0 Å². The van der Waals surface area contributed by atoms with Crippen LogP contribution in [-0.4, -0.2) is 46.6 Å². The Hall–Kier alpha value is -0.480. The maximum Gasteiger partial charge on any atom is 0.236 e. The first-order valence-corrected chi connectivity index (χ1v) is 6.46. The minimum Gasteiger partial charge on any atom is -0.395 e. The maximum atomic E-state index is 12.0. The molecule has 1 N–H and O–H groups in total. The molecule has 1 saturated heterocycles. The van der Waals surface area contributed by atoms with E-state index in [1.165, 1.54) is 6.42 Å². The van der Waals surface area contributed by atoms with Crippen LogP contribution in [0.2, 0.25) is 0 Å². The molecule has 1 heterocycles. The fraction of sp³-hybridized carbons (Fsp3) is 0.727. The number of rotatable bonds is 5. The van der Waals surface area contributed by atoms with E-state index in [1.807, 2.05) is 0 Å². The summed E-state index contributed by atoms with van der Waals surface area (Å²) in [6.45, 7) is 4.61. The Kier molecular flexibility index (Phi) is 5.79. The van der Waals surface area contributed by atoms with Crippen LogP contribution in [0.15, 0.2) is 12.7 Å². The van der Waals surface area contributed by atoms with E-state index in [1.54, 1.807) is 22.7 Å². The Morgan fingerprint density at radius 3 is 2.93 bits per heavy atom. The van der Waals surface area contributed by atoms with Crippen LogP contribution in [0.3, 0.4) is 0 Å². The van der Waals surface area contributed by atoms with Gasteiger partial charge in [0.1, 0.15) is 0 Å². The van der Waals surface area contributed by atoms with Crippen molar-refractivity contribution in [1.82, 2.24) is 4.90 Å². The molecule has 1 atom stereocenters. The standard InChI is InChI=1S/C11H19NO2S/c1-2-6-12(7-8-13)11(14)10-5-3-4-9-15-10/h2,10,13H,1,3-9H2. The number of hydrogen-bond donors (Lipinski definition) is 1. The highest BCUT2D eigenvalue weighted by molar-refractivity contribution is 8.00. The summed E-state index contributed by atoms with van der Waals surface area (Å²) < 4.78 is 0. The summed E-state index contributed by atoms with van der Waals surface area (Å²) in [5, 5.41) is 8.98. The van der Waals surface area contributed by atoms with E-state index in [9.17, 15) is 4.79 Å². The van der Waals surface area contributed by atoms with Crippen molar-refractivity contribution in [3.8, 4) is 0 Å². The van der Waals surface area contributed by atoms with Crippen LogP contribution < -0.4 is 0 Å². The van der Waals surface area contributed by atoms with Crippen molar-refractivity contribution in [2.75, 3.05) is 25.4 Å². The molecular weight excluding hydrogens is 210 g/mol. The Morgan fingerprint density at radius 1 is 1.60 bits per heavy atom. The second-order valence-corrected chi connectivity index (χ2v) is 4.96. The Bertz CT molecular complexity index is 215. The molecule has 1 fully saturated rings. The largest absolute Gasteiger partial charge is 0.395 e. The van der Waals surface area contributed by atoms with Gasteiger partial charge in [0.15, 0.2) is 0 Å². The van der Waals surface area contributed by atoms with E-state index < -0.39 is 0 Å². The molecular formula is C11H19NO2S. The number of amides is 1. The molecule has 0 bridgehead atoms. The van der Waals surface area contributed by atoms with Crippen LogP contribution in [-0.2, 0) is 4.79 Å². The SMILES string of the molecule is C=CCN(CCO)C(=O)C1CCCCS1. The summed E-state index contributed by atoms with van der Waals surface area (Å²) >= 11 is 1.74. The number of aliphatic hydroxyl groups excluding tert-OH is 1.